The monoisotopic (exact) mass is 284 g/mol. The lowest BCUT2D eigenvalue weighted by molar-refractivity contribution is 0.0485. The minimum atomic E-state index is -0.301. The summed E-state index contributed by atoms with van der Waals surface area (Å²) in [6, 6.07) is 7.03. The molecule has 0 saturated carbocycles. The number of hydrogen-bond acceptors (Lipinski definition) is 4. The lowest BCUT2D eigenvalue weighted by Gasteiger charge is -2.37. The molecule has 1 aromatic carbocycles. The summed E-state index contributed by atoms with van der Waals surface area (Å²) in [6.45, 7) is 2.54. The predicted octanol–water partition coefficient (Wildman–Crippen LogP) is 1.75. The molecule has 2 rings (SSSR count). The maximum atomic E-state index is 11.5. The van der Waals surface area contributed by atoms with Crippen molar-refractivity contribution < 1.29 is 14.3 Å². The van der Waals surface area contributed by atoms with Crippen molar-refractivity contribution in [1.29, 1.82) is 0 Å². The zero-order valence-corrected chi connectivity index (χ0v) is 11.3. The lowest BCUT2D eigenvalue weighted by atomic mass is 10.0. The standard InChI is InChI=1S/C13H17ClN2O3/c14-11-1-3-12(4-2-11)18-5-6-19-13(17)16-8-10(7-15)9-16/h1-4,10H,5-9,15H2. The first-order valence-electron chi connectivity index (χ1n) is 6.19. The van der Waals surface area contributed by atoms with Crippen LogP contribution in [0, 0.1) is 5.92 Å². The molecule has 0 spiro atoms. The summed E-state index contributed by atoms with van der Waals surface area (Å²) in [5, 5.41) is 0.658. The van der Waals surface area contributed by atoms with Crippen molar-refractivity contribution in [2.45, 2.75) is 0 Å². The van der Waals surface area contributed by atoms with E-state index in [0.717, 1.165) is 0 Å². The number of rotatable bonds is 5. The van der Waals surface area contributed by atoms with Gasteiger partial charge in [-0.25, -0.2) is 4.79 Å². The molecule has 2 N–H and O–H groups in total. The molecule has 1 amide bonds. The van der Waals surface area contributed by atoms with Gasteiger partial charge in [0, 0.05) is 24.0 Å². The van der Waals surface area contributed by atoms with Crippen LogP contribution < -0.4 is 10.5 Å². The summed E-state index contributed by atoms with van der Waals surface area (Å²) in [4.78, 5) is 13.2. The van der Waals surface area contributed by atoms with Gasteiger partial charge in [0.25, 0.3) is 0 Å². The third-order valence-electron chi connectivity index (χ3n) is 2.94. The van der Waals surface area contributed by atoms with E-state index < -0.39 is 0 Å². The molecule has 0 aliphatic carbocycles. The van der Waals surface area contributed by atoms with E-state index in [1.54, 1.807) is 29.2 Å². The van der Waals surface area contributed by atoms with Crippen molar-refractivity contribution in [3.63, 3.8) is 0 Å². The van der Waals surface area contributed by atoms with Crippen molar-refractivity contribution in [1.82, 2.24) is 4.90 Å². The number of benzene rings is 1. The van der Waals surface area contributed by atoms with Crippen LogP contribution in [0.15, 0.2) is 24.3 Å². The van der Waals surface area contributed by atoms with Gasteiger partial charge in [0.05, 0.1) is 0 Å². The van der Waals surface area contributed by atoms with E-state index in [1.165, 1.54) is 0 Å². The van der Waals surface area contributed by atoms with Crippen LogP contribution in [0.2, 0.25) is 5.02 Å². The van der Waals surface area contributed by atoms with Gasteiger partial charge >= 0.3 is 6.09 Å². The number of likely N-dealkylation sites (tertiary alicyclic amines) is 1. The highest BCUT2D eigenvalue weighted by Crippen LogP contribution is 2.16. The molecule has 1 aliphatic heterocycles. The van der Waals surface area contributed by atoms with E-state index in [-0.39, 0.29) is 12.7 Å². The second-order valence-corrected chi connectivity index (χ2v) is 4.86. The van der Waals surface area contributed by atoms with E-state index in [9.17, 15) is 4.79 Å². The number of carbonyl (C=O) groups excluding carboxylic acids is 1. The Kier molecular flexibility index (Phi) is 4.87. The third kappa shape index (κ3) is 4.01. The minimum Gasteiger partial charge on any atom is -0.490 e. The normalized spacial score (nSPS) is 14.9. The topological polar surface area (TPSA) is 64.8 Å². The first-order chi connectivity index (χ1) is 9.19. The van der Waals surface area contributed by atoms with Crippen molar-refractivity contribution in [2.24, 2.45) is 11.7 Å². The lowest BCUT2D eigenvalue weighted by Crippen LogP contribution is -2.52. The summed E-state index contributed by atoms with van der Waals surface area (Å²) in [6.07, 6.45) is -0.301. The third-order valence-corrected chi connectivity index (χ3v) is 3.19. The number of nitrogens with two attached hydrogens (primary N) is 1. The van der Waals surface area contributed by atoms with Crippen molar-refractivity contribution >= 4 is 17.7 Å². The molecule has 1 aliphatic rings. The Labute approximate surface area is 117 Å². The van der Waals surface area contributed by atoms with Crippen molar-refractivity contribution in [3.05, 3.63) is 29.3 Å². The van der Waals surface area contributed by atoms with E-state index in [4.69, 9.17) is 26.8 Å². The molecule has 104 valence electrons. The summed E-state index contributed by atoms with van der Waals surface area (Å²) >= 11 is 5.76. The minimum absolute atomic E-state index is 0.227. The zero-order chi connectivity index (χ0) is 13.7. The van der Waals surface area contributed by atoms with Gasteiger partial charge in [0.15, 0.2) is 0 Å². The summed E-state index contributed by atoms with van der Waals surface area (Å²) in [5.41, 5.74) is 5.48. The van der Waals surface area contributed by atoms with E-state index >= 15 is 0 Å². The van der Waals surface area contributed by atoms with Gasteiger partial charge in [-0.05, 0) is 30.8 Å². The number of ether oxygens (including phenoxy) is 2. The van der Waals surface area contributed by atoms with Gasteiger partial charge in [0.2, 0.25) is 0 Å². The van der Waals surface area contributed by atoms with Gasteiger partial charge in [-0.1, -0.05) is 11.6 Å². The summed E-state index contributed by atoms with van der Waals surface area (Å²) < 4.78 is 10.5. The molecule has 1 heterocycles. The van der Waals surface area contributed by atoms with Crippen molar-refractivity contribution in [2.75, 3.05) is 32.8 Å². The smallest absolute Gasteiger partial charge is 0.409 e. The largest absolute Gasteiger partial charge is 0.490 e. The van der Waals surface area contributed by atoms with Gasteiger partial charge in [0.1, 0.15) is 19.0 Å². The first kappa shape index (κ1) is 14.0. The SMILES string of the molecule is NCC1CN(C(=O)OCCOc2ccc(Cl)cc2)C1. The highest BCUT2D eigenvalue weighted by Gasteiger charge is 2.30. The molecule has 1 aromatic rings. The van der Waals surface area contributed by atoms with Crippen molar-refractivity contribution in [3.8, 4) is 5.75 Å². The number of halogens is 1. The highest BCUT2D eigenvalue weighted by molar-refractivity contribution is 6.30. The number of amides is 1. The Morgan fingerprint density at radius 3 is 2.63 bits per heavy atom. The molecule has 5 nitrogen and oxygen atoms in total. The fraction of sp³-hybridized carbons (Fsp3) is 0.462. The van der Waals surface area contributed by atoms with Gasteiger partial charge in [-0.2, -0.15) is 0 Å². The Morgan fingerprint density at radius 1 is 1.32 bits per heavy atom. The average molecular weight is 285 g/mol. The van der Waals surface area contributed by atoms with E-state index in [1.807, 2.05) is 0 Å². The Morgan fingerprint density at radius 2 is 2.00 bits per heavy atom. The number of nitrogens with zero attached hydrogens (tertiary/aromatic N) is 1. The first-order valence-corrected chi connectivity index (χ1v) is 6.57. The van der Waals surface area contributed by atoms with Crippen LogP contribution in [0.4, 0.5) is 4.79 Å². The molecular weight excluding hydrogens is 268 g/mol. The van der Waals surface area contributed by atoms with Crippen LogP contribution in [0.5, 0.6) is 5.75 Å². The van der Waals surface area contributed by atoms with Crippen LogP contribution >= 0.6 is 11.6 Å². The Hall–Kier alpha value is -1.46. The van der Waals surface area contributed by atoms with Gasteiger partial charge in [-0.3, -0.25) is 0 Å². The Balaban J connectivity index is 1.59. The summed E-state index contributed by atoms with van der Waals surface area (Å²) in [5.74, 6) is 1.12. The van der Waals surface area contributed by atoms with Crippen LogP contribution in [-0.4, -0.2) is 43.8 Å². The fourth-order valence-corrected chi connectivity index (χ4v) is 1.90. The molecule has 0 atom stereocenters. The predicted molar refractivity (Wildman–Crippen MR) is 72.4 cm³/mol. The zero-order valence-electron chi connectivity index (χ0n) is 10.5. The molecule has 0 aromatic heterocycles. The molecule has 0 bridgehead atoms. The Bertz CT molecular complexity index is 418. The molecule has 0 radical (unpaired) electrons. The highest BCUT2D eigenvalue weighted by atomic mass is 35.5. The van der Waals surface area contributed by atoms with Crippen LogP contribution in [-0.2, 0) is 4.74 Å². The number of hydrogen-bond donors (Lipinski definition) is 1. The fourth-order valence-electron chi connectivity index (χ4n) is 1.78. The van der Waals surface area contributed by atoms with E-state index in [2.05, 4.69) is 0 Å². The summed E-state index contributed by atoms with van der Waals surface area (Å²) in [7, 11) is 0. The average Bonchev–Trinajstić information content (AvgIpc) is 2.35. The maximum absolute atomic E-state index is 11.5. The van der Waals surface area contributed by atoms with Crippen LogP contribution in [0.3, 0.4) is 0 Å². The molecule has 0 unspecified atom stereocenters. The quantitative estimate of drug-likeness (QED) is 0.837. The van der Waals surface area contributed by atoms with Gasteiger partial charge < -0.3 is 20.1 Å². The second kappa shape index (κ2) is 6.63. The van der Waals surface area contributed by atoms with Gasteiger partial charge in [-0.15, -0.1) is 0 Å². The number of carbonyl (C=O) groups is 1. The molecule has 6 heteroatoms. The van der Waals surface area contributed by atoms with Crippen LogP contribution in [0.1, 0.15) is 0 Å². The molecule has 19 heavy (non-hydrogen) atoms. The second-order valence-electron chi connectivity index (χ2n) is 4.42. The van der Waals surface area contributed by atoms with Crippen LogP contribution in [0.25, 0.3) is 0 Å². The maximum Gasteiger partial charge on any atom is 0.409 e. The molecular formula is C13H17ClN2O3. The molecule has 1 fully saturated rings. The molecule has 1 saturated heterocycles. The van der Waals surface area contributed by atoms with E-state index in [0.29, 0.717) is 42.9 Å².